The molecule has 3 aromatic rings. The zero-order valence-electron chi connectivity index (χ0n) is 14.7. The third kappa shape index (κ3) is 4.14. The third-order valence-electron chi connectivity index (χ3n) is 4.11. The number of rotatable bonds is 5. The van der Waals surface area contributed by atoms with Gasteiger partial charge in [-0.2, -0.15) is 0 Å². The maximum absolute atomic E-state index is 9.54. The van der Waals surface area contributed by atoms with Crippen molar-refractivity contribution in [2.75, 3.05) is 17.7 Å². The van der Waals surface area contributed by atoms with E-state index in [2.05, 4.69) is 43.2 Å². The highest BCUT2D eigenvalue weighted by atomic mass is 35.5. The zero-order valence-corrected chi connectivity index (χ0v) is 15.5. The highest BCUT2D eigenvalue weighted by molar-refractivity contribution is 6.18. The summed E-state index contributed by atoms with van der Waals surface area (Å²) in [5, 5.41) is 12.7. The first-order valence-electron chi connectivity index (χ1n) is 8.36. The van der Waals surface area contributed by atoms with Crippen molar-refractivity contribution in [1.82, 2.24) is 4.98 Å². The number of fused-ring (bicyclic) bond motifs is 1. The number of hydrogen-bond acceptors (Lipinski definition) is 4. The molecule has 25 heavy (non-hydrogen) atoms. The fourth-order valence-corrected chi connectivity index (χ4v) is 2.67. The molecule has 1 unspecified atom stereocenters. The van der Waals surface area contributed by atoms with Crippen molar-refractivity contribution in [2.24, 2.45) is 0 Å². The number of alkyl halides is 1. The van der Waals surface area contributed by atoms with Gasteiger partial charge in [-0.3, -0.25) is 0 Å². The van der Waals surface area contributed by atoms with Gasteiger partial charge in [-0.25, -0.2) is 4.98 Å². The molecule has 132 valence electrons. The minimum atomic E-state index is -0.577. The standard InChI is InChI=1S/C20H23ClN2O2/c1-20(2,3)14-6-4-13(5-7-14)19-23-17-10-15(8-9-18(17)25-19)22-12-16(24)11-21/h4-10,16,22,24H,11-12H2,1-3H3. The average molecular weight is 359 g/mol. The second-order valence-corrected chi connectivity index (χ2v) is 7.53. The Morgan fingerprint density at radius 3 is 2.52 bits per heavy atom. The summed E-state index contributed by atoms with van der Waals surface area (Å²) in [6.07, 6.45) is -0.577. The van der Waals surface area contributed by atoms with Gasteiger partial charge >= 0.3 is 0 Å². The predicted molar refractivity (Wildman–Crippen MR) is 103 cm³/mol. The Morgan fingerprint density at radius 1 is 1.16 bits per heavy atom. The van der Waals surface area contributed by atoms with E-state index in [9.17, 15) is 5.11 Å². The predicted octanol–water partition coefficient (Wildman–Crippen LogP) is 4.80. The summed E-state index contributed by atoms with van der Waals surface area (Å²) in [5.41, 5.74) is 4.74. The van der Waals surface area contributed by atoms with Gasteiger partial charge in [0, 0.05) is 17.8 Å². The zero-order chi connectivity index (χ0) is 18.0. The summed E-state index contributed by atoms with van der Waals surface area (Å²) in [7, 11) is 0. The van der Waals surface area contributed by atoms with Crippen molar-refractivity contribution in [3.63, 3.8) is 0 Å². The van der Waals surface area contributed by atoms with Gasteiger partial charge in [0.15, 0.2) is 5.58 Å². The Hall–Kier alpha value is -2.04. The van der Waals surface area contributed by atoms with Crippen LogP contribution in [0.2, 0.25) is 0 Å². The van der Waals surface area contributed by atoms with Crippen molar-refractivity contribution in [2.45, 2.75) is 32.3 Å². The highest BCUT2D eigenvalue weighted by Crippen LogP contribution is 2.29. The molecule has 0 saturated carbocycles. The molecule has 3 rings (SSSR count). The SMILES string of the molecule is CC(C)(C)c1ccc(-c2nc3cc(NCC(O)CCl)ccc3o2)cc1. The van der Waals surface area contributed by atoms with Crippen molar-refractivity contribution >= 4 is 28.4 Å². The van der Waals surface area contributed by atoms with Crippen molar-refractivity contribution in [3.8, 4) is 11.5 Å². The minimum absolute atomic E-state index is 0.119. The fourth-order valence-electron chi connectivity index (χ4n) is 2.56. The quantitative estimate of drug-likeness (QED) is 0.643. The first kappa shape index (κ1) is 17.8. The second-order valence-electron chi connectivity index (χ2n) is 7.22. The summed E-state index contributed by atoms with van der Waals surface area (Å²) in [5.74, 6) is 0.807. The molecule has 4 nitrogen and oxygen atoms in total. The maximum Gasteiger partial charge on any atom is 0.227 e. The van der Waals surface area contributed by atoms with Gasteiger partial charge in [0.1, 0.15) is 5.52 Å². The molecule has 2 aromatic carbocycles. The lowest BCUT2D eigenvalue weighted by molar-refractivity contribution is 0.211. The van der Waals surface area contributed by atoms with Crippen LogP contribution in [0.3, 0.4) is 0 Å². The van der Waals surface area contributed by atoms with Crippen LogP contribution in [0.25, 0.3) is 22.6 Å². The lowest BCUT2D eigenvalue weighted by Crippen LogP contribution is -2.20. The van der Waals surface area contributed by atoms with Crippen LogP contribution in [-0.4, -0.2) is 28.6 Å². The van der Waals surface area contributed by atoms with E-state index in [-0.39, 0.29) is 11.3 Å². The van der Waals surface area contributed by atoms with E-state index in [1.165, 1.54) is 5.56 Å². The second kappa shape index (κ2) is 7.06. The summed E-state index contributed by atoms with van der Waals surface area (Å²) >= 11 is 5.61. The molecular weight excluding hydrogens is 336 g/mol. The highest BCUT2D eigenvalue weighted by Gasteiger charge is 2.14. The van der Waals surface area contributed by atoms with E-state index in [0.717, 1.165) is 22.4 Å². The third-order valence-corrected chi connectivity index (χ3v) is 4.46. The smallest absolute Gasteiger partial charge is 0.227 e. The molecule has 0 radical (unpaired) electrons. The summed E-state index contributed by atoms with van der Waals surface area (Å²) < 4.78 is 5.87. The number of anilines is 1. The van der Waals surface area contributed by atoms with Gasteiger partial charge in [-0.05, 0) is 41.3 Å². The van der Waals surface area contributed by atoms with E-state index in [1.54, 1.807) is 0 Å². The van der Waals surface area contributed by atoms with Crippen LogP contribution in [0.5, 0.6) is 0 Å². The summed E-state index contributed by atoms with van der Waals surface area (Å²) in [6.45, 7) is 6.97. The summed E-state index contributed by atoms with van der Waals surface area (Å²) in [6, 6.07) is 14.0. The molecule has 0 fully saturated rings. The Kier molecular flexibility index (Phi) is 5.02. The van der Waals surface area contributed by atoms with Gasteiger partial charge in [-0.1, -0.05) is 32.9 Å². The molecule has 1 heterocycles. The van der Waals surface area contributed by atoms with Crippen LogP contribution in [0.15, 0.2) is 46.9 Å². The number of oxazole rings is 1. The van der Waals surface area contributed by atoms with Crippen LogP contribution in [0.4, 0.5) is 5.69 Å². The molecular formula is C20H23ClN2O2. The Bertz CT molecular complexity index is 850. The number of nitrogens with zero attached hydrogens (tertiary/aromatic N) is 1. The molecule has 0 bridgehead atoms. The number of nitrogens with one attached hydrogen (secondary N) is 1. The lowest BCUT2D eigenvalue weighted by Gasteiger charge is -2.18. The number of aromatic nitrogens is 1. The molecule has 0 aliphatic rings. The number of aliphatic hydroxyl groups is 1. The normalized spacial score (nSPS) is 13.2. The number of halogens is 1. The number of hydrogen-bond donors (Lipinski definition) is 2. The van der Waals surface area contributed by atoms with Gasteiger partial charge < -0.3 is 14.8 Å². The van der Waals surface area contributed by atoms with Crippen molar-refractivity contribution < 1.29 is 9.52 Å². The van der Waals surface area contributed by atoms with Crippen LogP contribution in [0, 0.1) is 0 Å². The van der Waals surface area contributed by atoms with E-state index < -0.39 is 6.10 Å². The van der Waals surface area contributed by atoms with Gasteiger partial charge in [0.2, 0.25) is 5.89 Å². The van der Waals surface area contributed by atoms with Crippen LogP contribution < -0.4 is 5.32 Å². The van der Waals surface area contributed by atoms with Crippen molar-refractivity contribution in [1.29, 1.82) is 0 Å². The van der Waals surface area contributed by atoms with Crippen LogP contribution >= 0.6 is 11.6 Å². The van der Waals surface area contributed by atoms with E-state index >= 15 is 0 Å². The Balaban J connectivity index is 1.83. The largest absolute Gasteiger partial charge is 0.436 e. The monoisotopic (exact) mass is 358 g/mol. The molecule has 2 N–H and O–H groups in total. The average Bonchev–Trinajstić information content (AvgIpc) is 3.02. The Labute approximate surface area is 152 Å². The van der Waals surface area contributed by atoms with E-state index in [1.807, 2.05) is 30.3 Å². The molecule has 0 aliphatic carbocycles. The molecule has 0 aliphatic heterocycles. The molecule has 0 spiro atoms. The molecule has 0 amide bonds. The van der Waals surface area contributed by atoms with E-state index in [4.69, 9.17) is 16.0 Å². The first-order valence-corrected chi connectivity index (χ1v) is 8.89. The van der Waals surface area contributed by atoms with Crippen LogP contribution in [0.1, 0.15) is 26.3 Å². The van der Waals surface area contributed by atoms with E-state index in [0.29, 0.717) is 12.4 Å². The number of aliphatic hydroxyl groups excluding tert-OH is 1. The van der Waals surface area contributed by atoms with Gasteiger partial charge in [0.25, 0.3) is 0 Å². The Morgan fingerprint density at radius 2 is 1.88 bits per heavy atom. The maximum atomic E-state index is 9.54. The van der Waals surface area contributed by atoms with Crippen molar-refractivity contribution in [3.05, 3.63) is 48.0 Å². The molecule has 1 atom stereocenters. The fraction of sp³-hybridized carbons (Fsp3) is 0.350. The summed E-state index contributed by atoms with van der Waals surface area (Å²) in [4.78, 5) is 4.59. The number of benzene rings is 2. The van der Waals surface area contributed by atoms with Gasteiger partial charge in [-0.15, -0.1) is 11.6 Å². The molecule has 5 heteroatoms. The lowest BCUT2D eigenvalue weighted by atomic mass is 9.87. The first-order chi connectivity index (χ1) is 11.9. The topological polar surface area (TPSA) is 58.3 Å². The molecule has 0 saturated heterocycles. The van der Waals surface area contributed by atoms with Crippen LogP contribution in [-0.2, 0) is 5.41 Å². The molecule has 1 aromatic heterocycles. The van der Waals surface area contributed by atoms with Gasteiger partial charge in [0.05, 0.1) is 12.0 Å². The minimum Gasteiger partial charge on any atom is -0.436 e.